The van der Waals surface area contributed by atoms with E-state index in [1.807, 2.05) is 48.5 Å². The van der Waals surface area contributed by atoms with Crippen molar-refractivity contribution >= 4 is 23.5 Å². The van der Waals surface area contributed by atoms with Crippen LogP contribution in [0.5, 0.6) is 0 Å². The minimum Gasteiger partial charge on any atom is -0.465 e. The van der Waals surface area contributed by atoms with Gasteiger partial charge in [-0.3, -0.25) is 14.4 Å². The molecule has 0 heterocycles. The van der Waals surface area contributed by atoms with Crippen molar-refractivity contribution in [2.45, 2.75) is 32.1 Å². The second-order valence-corrected chi connectivity index (χ2v) is 6.99. The fourth-order valence-electron chi connectivity index (χ4n) is 2.72. The monoisotopic (exact) mass is 396 g/mol. The van der Waals surface area contributed by atoms with Gasteiger partial charge in [-0.05, 0) is 29.7 Å². The van der Waals surface area contributed by atoms with Crippen molar-refractivity contribution in [2.24, 2.45) is 0 Å². The van der Waals surface area contributed by atoms with Crippen LogP contribution < -0.4 is 5.32 Å². The maximum absolute atomic E-state index is 12.1. The third-order valence-corrected chi connectivity index (χ3v) is 4.39. The van der Waals surface area contributed by atoms with E-state index in [0.29, 0.717) is 31.6 Å². The van der Waals surface area contributed by atoms with Gasteiger partial charge >= 0.3 is 5.97 Å². The predicted molar refractivity (Wildman–Crippen MR) is 112 cm³/mol. The van der Waals surface area contributed by atoms with Crippen molar-refractivity contribution in [3.05, 3.63) is 65.7 Å². The summed E-state index contributed by atoms with van der Waals surface area (Å²) in [5, 5.41) is 2.79. The van der Waals surface area contributed by atoms with E-state index < -0.39 is 0 Å². The zero-order valence-corrected chi connectivity index (χ0v) is 17.0. The molecule has 2 rings (SSSR count). The van der Waals surface area contributed by atoms with Gasteiger partial charge in [0.1, 0.15) is 0 Å². The molecule has 1 N–H and O–H groups in total. The molecule has 0 unspecified atom stereocenters. The first-order valence-corrected chi connectivity index (χ1v) is 9.72. The summed E-state index contributed by atoms with van der Waals surface area (Å²) in [6.45, 7) is 0.304. The van der Waals surface area contributed by atoms with E-state index in [-0.39, 0.29) is 30.6 Å². The molecule has 0 saturated heterocycles. The van der Waals surface area contributed by atoms with Crippen molar-refractivity contribution in [3.63, 3.8) is 0 Å². The molecule has 6 nitrogen and oxygen atoms in total. The maximum Gasteiger partial charge on any atom is 0.306 e. The Balaban J connectivity index is 1.69. The normalized spacial score (nSPS) is 10.3. The van der Waals surface area contributed by atoms with Gasteiger partial charge in [-0.1, -0.05) is 42.5 Å². The number of carbonyl (C=O) groups is 3. The van der Waals surface area contributed by atoms with Gasteiger partial charge in [0.25, 0.3) is 0 Å². The number of amides is 2. The molecule has 0 bridgehead atoms. The lowest BCUT2D eigenvalue weighted by atomic mass is 10.1. The minimum atomic E-state index is -0.382. The fourth-order valence-corrected chi connectivity index (χ4v) is 2.72. The highest BCUT2D eigenvalue weighted by Crippen LogP contribution is 2.13. The number of ether oxygens (including phenoxy) is 1. The van der Waals surface area contributed by atoms with Gasteiger partial charge in [0.2, 0.25) is 11.8 Å². The molecule has 0 aromatic heterocycles. The molecule has 0 fully saturated rings. The first kappa shape index (κ1) is 22.1. The summed E-state index contributed by atoms with van der Waals surface area (Å²) in [7, 11) is 3.46. The number of anilines is 1. The number of carbonyl (C=O) groups excluding carboxylic acids is 3. The molecule has 6 heteroatoms. The topological polar surface area (TPSA) is 75.7 Å². The number of hydrogen-bond acceptors (Lipinski definition) is 4. The first-order chi connectivity index (χ1) is 13.9. The van der Waals surface area contributed by atoms with Crippen LogP contribution >= 0.6 is 0 Å². The van der Waals surface area contributed by atoms with E-state index in [9.17, 15) is 14.4 Å². The van der Waals surface area contributed by atoms with E-state index in [0.717, 1.165) is 11.1 Å². The maximum atomic E-state index is 12.1. The van der Waals surface area contributed by atoms with Crippen molar-refractivity contribution in [1.29, 1.82) is 0 Å². The summed E-state index contributed by atoms with van der Waals surface area (Å²) in [5.41, 5.74) is 2.73. The Hall–Kier alpha value is -3.15. The first-order valence-electron chi connectivity index (χ1n) is 9.72. The highest BCUT2D eigenvalue weighted by Gasteiger charge is 2.10. The molecular formula is C23H28N2O4. The largest absolute Gasteiger partial charge is 0.465 e. The standard InChI is InChI=1S/C23H28N2O4/c1-25(2)22(27)13-11-19-9-6-10-20(17-19)24-21(26)12-14-23(28)29-16-15-18-7-4-3-5-8-18/h3-10,17H,11-16H2,1-2H3,(H,24,26). The van der Waals surface area contributed by atoms with E-state index >= 15 is 0 Å². The molecule has 2 aromatic rings. The third-order valence-electron chi connectivity index (χ3n) is 4.39. The van der Waals surface area contributed by atoms with E-state index in [1.165, 1.54) is 0 Å². The Morgan fingerprint density at radius 2 is 1.59 bits per heavy atom. The zero-order chi connectivity index (χ0) is 21.1. The van der Waals surface area contributed by atoms with E-state index in [2.05, 4.69) is 5.32 Å². The Kier molecular flexibility index (Phi) is 8.89. The second-order valence-electron chi connectivity index (χ2n) is 6.99. The number of benzene rings is 2. The van der Waals surface area contributed by atoms with Gasteiger partial charge in [0, 0.05) is 39.0 Å². The third kappa shape index (κ3) is 8.60. The molecule has 0 saturated carbocycles. The van der Waals surface area contributed by atoms with Gasteiger partial charge < -0.3 is 15.0 Å². The van der Waals surface area contributed by atoms with Crippen LogP contribution in [-0.2, 0) is 32.0 Å². The number of aryl methyl sites for hydroxylation is 1. The van der Waals surface area contributed by atoms with Crippen LogP contribution in [0, 0.1) is 0 Å². The van der Waals surface area contributed by atoms with Gasteiger partial charge in [-0.15, -0.1) is 0 Å². The Morgan fingerprint density at radius 1 is 0.862 bits per heavy atom. The fraction of sp³-hybridized carbons (Fsp3) is 0.348. The van der Waals surface area contributed by atoms with Crippen LogP contribution in [0.2, 0.25) is 0 Å². The summed E-state index contributed by atoms with van der Waals surface area (Å²) < 4.78 is 5.18. The van der Waals surface area contributed by atoms with Crippen molar-refractivity contribution in [1.82, 2.24) is 4.90 Å². The second kappa shape index (κ2) is 11.6. The molecule has 2 aromatic carbocycles. The number of esters is 1. The number of hydrogen-bond donors (Lipinski definition) is 1. The average Bonchev–Trinajstić information content (AvgIpc) is 2.71. The van der Waals surface area contributed by atoms with Gasteiger partial charge in [0.05, 0.1) is 13.0 Å². The zero-order valence-electron chi connectivity index (χ0n) is 17.0. The van der Waals surface area contributed by atoms with E-state index in [4.69, 9.17) is 4.74 Å². The van der Waals surface area contributed by atoms with Crippen molar-refractivity contribution < 1.29 is 19.1 Å². The molecule has 0 atom stereocenters. The predicted octanol–water partition coefficient (Wildman–Crippen LogP) is 3.21. The number of nitrogens with one attached hydrogen (secondary N) is 1. The Morgan fingerprint density at radius 3 is 2.31 bits per heavy atom. The Bertz CT molecular complexity index is 819. The summed E-state index contributed by atoms with van der Waals surface area (Å²) in [5.74, 6) is -0.566. The summed E-state index contributed by atoms with van der Waals surface area (Å²) >= 11 is 0. The average molecular weight is 396 g/mol. The highest BCUT2D eigenvalue weighted by atomic mass is 16.5. The lowest BCUT2D eigenvalue weighted by Gasteiger charge is -2.11. The molecule has 154 valence electrons. The van der Waals surface area contributed by atoms with Crippen LogP contribution in [0.3, 0.4) is 0 Å². The number of nitrogens with zero attached hydrogens (tertiary/aromatic N) is 1. The summed E-state index contributed by atoms with van der Waals surface area (Å²) in [4.78, 5) is 37.2. The van der Waals surface area contributed by atoms with E-state index in [1.54, 1.807) is 25.1 Å². The van der Waals surface area contributed by atoms with Crippen LogP contribution in [-0.4, -0.2) is 43.4 Å². The van der Waals surface area contributed by atoms with Crippen LogP contribution in [0.1, 0.15) is 30.4 Å². The molecule has 0 aliphatic carbocycles. The molecule has 0 aliphatic rings. The SMILES string of the molecule is CN(C)C(=O)CCc1cccc(NC(=O)CCC(=O)OCCc2ccccc2)c1. The van der Waals surface area contributed by atoms with Gasteiger partial charge in [-0.25, -0.2) is 0 Å². The Labute approximate surface area is 171 Å². The van der Waals surface area contributed by atoms with Gasteiger partial charge in [0.15, 0.2) is 0 Å². The molecule has 2 amide bonds. The molecule has 0 spiro atoms. The molecule has 0 radical (unpaired) electrons. The quantitative estimate of drug-likeness (QED) is 0.626. The summed E-state index contributed by atoms with van der Waals surface area (Å²) in [6, 6.07) is 17.2. The highest BCUT2D eigenvalue weighted by molar-refractivity contribution is 5.92. The van der Waals surface area contributed by atoms with Gasteiger partial charge in [-0.2, -0.15) is 0 Å². The lowest BCUT2D eigenvalue weighted by Crippen LogP contribution is -2.21. The van der Waals surface area contributed by atoms with Crippen molar-refractivity contribution in [3.8, 4) is 0 Å². The minimum absolute atomic E-state index is 0.0393. The smallest absolute Gasteiger partial charge is 0.306 e. The van der Waals surface area contributed by atoms with Crippen LogP contribution in [0.15, 0.2) is 54.6 Å². The molecular weight excluding hydrogens is 368 g/mol. The van der Waals surface area contributed by atoms with Crippen molar-refractivity contribution in [2.75, 3.05) is 26.0 Å². The van der Waals surface area contributed by atoms with Crippen LogP contribution in [0.25, 0.3) is 0 Å². The summed E-state index contributed by atoms with van der Waals surface area (Å²) in [6.07, 6.45) is 1.78. The molecule has 29 heavy (non-hydrogen) atoms. The number of rotatable bonds is 10. The van der Waals surface area contributed by atoms with Crippen LogP contribution in [0.4, 0.5) is 5.69 Å². The molecule has 0 aliphatic heterocycles. The lowest BCUT2D eigenvalue weighted by molar-refractivity contribution is -0.144.